The Balaban J connectivity index is 2.39. The zero-order chi connectivity index (χ0) is 12.3. The second-order valence-corrected chi connectivity index (χ2v) is 3.87. The summed E-state index contributed by atoms with van der Waals surface area (Å²) in [5.74, 6) is 0.727. The first-order valence-electron chi connectivity index (χ1n) is 5.66. The van der Waals surface area contributed by atoms with Gasteiger partial charge in [0.1, 0.15) is 5.75 Å². The van der Waals surface area contributed by atoms with E-state index in [1.165, 1.54) is 0 Å². The number of hydrogen-bond donors (Lipinski definition) is 1. The predicted octanol–water partition coefficient (Wildman–Crippen LogP) is 3.04. The molecule has 0 unspecified atom stereocenters. The van der Waals surface area contributed by atoms with Crippen LogP contribution in [-0.2, 0) is 0 Å². The largest absolute Gasteiger partial charge is 0.492 e. The first kappa shape index (κ1) is 11.5. The highest BCUT2D eigenvalue weighted by Gasteiger charge is 2.04. The molecule has 2 aromatic rings. The van der Waals surface area contributed by atoms with E-state index in [1.54, 1.807) is 0 Å². The maximum atomic E-state index is 5.84. The second kappa shape index (κ2) is 4.87. The maximum Gasteiger partial charge on any atom is 0.142 e. The first-order valence-corrected chi connectivity index (χ1v) is 5.66. The lowest BCUT2D eigenvalue weighted by Crippen LogP contribution is -1.97. The zero-order valence-electron chi connectivity index (χ0n) is 10.1. The van der Waals surface area contributed by atoms with Crippen molar-refractivity contribution in [3.8, 4) is 16.9 Å². The number of benzene rings is 1. The fourth-order valence-corrected chi connectivity index (χ4v) is 1.63. The lowest BCUT2D eigenvalue weighted by atomic mass is 10.1. The van der Waals surface area contributed by atoms with Gasteiger partial charge in [0.25, 0.3) is 0 Å². The monoisotopic (exact) mass is 228 g/mol. The summed E-state index contributed by atoms with van der Waals surface area (Å²) in [6, 6.07) is 9.82. The Kier molecular flexibility index (Phi) is 3.28. The molecule has 17 heavy (non-hydrogen) atoms. The summed E-state index contributed by atoms with van der Waals surface area (Å²) in [7, 11) is 0. The number of ether oxygens (including phenoxy) is 1. The third-order valence-electron chi connectivity index (χ3n) is 2.56. The third-order valence-corrected chi connectivity index (χ3v) is 2.56. The van der Waals surface area contributed by atoms with Gasteiger partial charge in [0.15, 0.2) is 0 Å². The van der Waals surface area contributed by atoms with E-state index < -0.39 is 0 Å². The fourth-order valence-electron chi connectivity index (χ4n) is 1.63. The van der Waals surface area contributed by atoms with Crippen molar-refractivity contribution in [2.24, 2.45) is 0 Å². The molecule has 0 saturated heterocycles. The molecular formula is C14H16N2O. The van der Waals surface area contributed by atoms with Crippen LogP contribution in [0.1, 0.15) is 12.6 Å². The number of aryl methyl sites for hydroxylation is 1. The smallest absolute Gasteiger partial charge is 0.142 e. The fraction of sp³-hybridized carbons (Fsp3) is 0.214. The van der Waals surface area contributed by atoms with Crippen LogP contribution in [0.5, 0.6) is 5.75 Å². The Morgan fingerprint density at radius 2 is 1.94 bits per heavy atom. The molecule has 0 saturated carbocycles. The van der Waals surface area contributed by atoms with Crippen molar-refractivity contribution in [3.05, 3.63) is 42.2 Å². The quantitative estimate of drug-likeness (QED) is 0.821. The van der Waals surface area contributed by atoms with E-state index in [4.69, 9.17) is 10.5 Å². The highest BCUT2D eigenvalue weighted by atomic mass is 16.5. The Labute approximate surface area is 101 Å². The van der Waals surface area contributed by atoms with E-state index in [2.05, 4.69) is 4.98 Å². The minimum Gasteiger partial charge on any atom is -0.492 e. The van der Waals surface area contributed by atoms with Crippen LogP contribution < -0.4 is 10.5 Å². The number of aromatic nitrogens is 1. The maximum absolute atomic E-state index is 5.84. The number of hydrogen-bond acceptors (Lipinski definition) is 3. The van der Waals surface area contributed by atoms with Crippen LogP contribution in [-0.4, -0.2) is 11.6 Å². The second-order valence-electron chi connectivity index (χ2n) is 3.87. The molecule has 3 nitrogen and oxygen atoms in total. The lowest BCUT2D eigenvalue weighted by Gasteiger charge is -2.09. The minimum absolute atomic E-state index is 0.611. The zero-order valence-corrected chi connectivity index (χ0v) is 10.1. The van der Waals surface area contributed by atoms with E-state index >= 15 is 0 Å². The molecule has 0 radical (unpaired) electrons. The number of pyridine rings is 1. The molecular weight excluding hydrogens is 212 g/mol. The Bertz CT molecular complexity index is 506. The molecule has 0 aliphatic rings. The topological polar surface area (TPSA) is 48.1 Å². The summed E-state index contributed by atoms with van der Waals surface area (Å²) in [5.41, 5.74) is 9.64. The molecule has 0 fully saturated rings. The lowest BCUT2D eigenvalue weighted by molar-refractivity contribution is 0.342. The summed E-state index contributed by atoms with van der Waals surface area (Å²) in [6.45, 7) is 4.53. The third kappa shape index (κ3) is 2.56. The molecule has 0 aliphatic heterocycles. The highest BCUT2D eigenvalue weighted by molar-refractivity contribution is 5.69. The van der Waals surface area contributed by atoms with Crippen LogP contribution in [0.3, 0.4) is 0 Å². The van der Waals surface area contributed by atoms with Gasteiger partial charge in [0.2, 0.25) is 0 Å². The van der Waals surface area contributed by atoms with E-state index in [0.717, 1.165) is 22.6 Å². The molecule has 2 rings (SSSR count). The van der Waals surface area contributed by atoms with Crippen LogP contribution in [0.4, 0.5) is 5.69 Å². The van der Waals surface area contributed by atoms with Gasteiger partial charge in [-0.15, -0.1) is 0 Å². The number of nitrogens with zero attached hydrogens (tertiary/aromatic N) is 1. The van der Waals surface area contributed by atoms with Crippen LogP contribution in [0.15, 0.2) is 36.5 Å². The standard InChI is InChI=1S/C14H16N2O/c1-3-17-14-8-11(6-7-13(14)15)12-5-4-10(2)16-9-12/h4-9H,3,15H2,1-2H3. The van der Waals surface area contributed by atoms with Gasteiger partial charge in [-0.3, -0.25) is 4.98 Å². The van der Waals surface area contributed by atoms with Gasteiger partial charge in [0, 0.05) is 17.5 Å². The van der Waals surface area contributed by atoms with Gasteiger partial charge in [-0.25, -0.2) is 0 Å². The summed E-state index contributed by atoms with van der Waals surface area (Å²) >= 11 is 0. The number of anilines is 1. The van der Waals surface area contributed by atoms with Crippen LogP contribution in [0, 0.1) is 6.92 Å². The average Bonchev–Trinajstić information content (AvgIpc) is 2.33. The number of nitrogen functional groups attached to an aromatic ring is 1. The normalized spacial score (nSPS) is 10.2. The molecule has 0 atom stereocenters. The molecule has 1 aromatic heterocycles. The Morgan fingerprint density at radius 1 is 1.18 bits per heavy atom. The van der Waals surface area contributed by atoms with E-state index in [-0.39, 0.29) is 0 Å². The van der Waals surface area contributed by atoms with E-state index in [1.807, 2.05) is 50.4 Å². The Hall–Kier alpha value is -2.03. The molecule has 0 bridgehead atoms. The molecule has 0 aliphatic carbocycles. The molecule has 0 amide bonds. The van der Waals surface area contributed by atoms with Gasteiger partial charge in [0.05, 0.1) is 12.3 Å². The summed E-state index contributed by atoms with van der Waals surface area (Å²) in [5, 5.41) is 0. The molecule has 1 heterocycles. The summed E-state index contributed by atoms with van der Waals surface area (Å²) < 4.78 is 5.48. The van der Waals surface area contributed by atoms with Crippen LogP contribution in [0.2, 0.25) is 0 Å². The van der Waals surface area contributed by atoms with Gasteiger partial charge in [-0.1, -0.05) is 12.1 Å². The van der Waals surface area contributed by atoms with Gasteiger partial charge in [-0.05, 0) is 37.6 Å². The van der Waals surface area contributed by atoms with Gasteiger partial charge < -0.3 is 10.5 Å². The molecule has 0 spiro atoms. The average molecular weight is 228 g/mol. The van der Waals surface area contributed by atoms with Crippen LogP contribution >= 0.6 is 0 Å². The summed E-state index contributed by atoms with van der Waals surface area (Å²) in [6.07, 6.45) is 1.86. The van der Waals surface area contributed by atoms with E-state index in [0.29, 0.717) is 12.3 Å². The molecule has 1 aromatic carbocycles. The molecule has 2 N–H and O–H groups in total. The van der Waals surface area contributed by atoms with Crippen molar-refractivity contribution in [3.63, 3.8) is 0 Å². The molecule has 88 valence electrons. The van der Waals surface area contributed by atoms with Gasteiger partial charge in [-0.2, -0.15) is 0 Å². The van der Waals surface area contributed by atoms with Crippen molar-refractivity contribution in [2.45, 2.75) is 13.8 Å². The summed E-state index contributed by atoms with van der Waals surface area (Å²) in [4.78, 5) is 4.28. The van der Waals surface area contributed by atoms with Gasteiger partial charge >= 0.3 is 0 Å². The van der Waals surface area contributed by atoms with Crippen molar-refractivity contribution in [1.29, 1.82) is 0 Å². The predicted molar refractivity (Wildman–Crippen MR) is 70.0 cm³/mol. The SMILES string of the molecule is CCOc1cc(-c2ccc(C)nc2)ccc1N. The van der Waals surface area contributed by atoms with E-state index in [9.17, 15) is 0 Å². The van der Waals surface area contributed by atoms with Crippen LogP contribution in [0.25, 0.3) is 11.1 Å². The van der Waals surface area contributed by atoms with Crippen molar-refractivity contribution < 1.29 is 4.74 Å². The minimum atomic E-state index is 0.611. The first-order chi connectivity index (χ1) is 8.20. The molecule has 3 heteroatoms. The number of rotatable bonds is 3. The Morgan fingerprint density at radius 3 is 2.59 bits per heavy atom. The number of nitrogens with two attached hydrogens (primary N) is 1. The van der Waals surface area contributed by atoms with Crippen molar-refractivity contribution in [1.82, 2.24) is 4.98 Å². The highest BCUT2D eigenvalue weighted by Crippen LogP contribution is 2.28. The van der Waals surface area contributed by atoms with Crippen molar-refractivity contribution in [2.75, 3.05) is 12.3 Å². The van der Waals surface area contributed by atoms with Crippen molar-refractivity contribution >= 4 is 5.69 Å².